The minimum atomic E-state index is -4.87. The molecule has 0 aliphatic carbocycles. The zero-order valence-corrected chi connectivity index (χ0v) is 15.1. The molecule has 28 heavy (non-hydrogen) atoms. The maximum atomic E-state index is 13.7. The molecule has 11 heteroatoms. The van der Waals surface area contributed by atoms with E-state index in [1.54, 1.807) is 0 Å². The summed E-state index contributed by atoms with van der Waals surface area (Å²) in [5, 5.41) is 0. The fraction of sp³-hybridized carbons (Fsp3) is 0.294. The molecule has 0 saturated heterocycles. The van der Waals surface area contributed by atoms with E-state index >= 15 is 0 Å². The van der Waals surface area contributed by atoms with Crippen LogP contribution in [0.4, 0.5) is 17.6 Å². The molecule has 0 atom stereocenters. The summed E-state index contributed by atoms with van der Waals surface area (Å²) in [5.41, 5.74) is 1.01. The molecule has 0 amide bonds. The van der Waals surface area contributed by atoms with Gasteiger partial charge in [0.05, 0.1) is 11.5 Å². The van der Waals surface area contributed by atoms with E-state index in [0.29, 0.717) is 16.9 Å². The Morgan fingerprint density at radius 2 is 1.86 bits per heavy atom. The van der Waals surface area contributed by atoms with Crippen molar-refractivity contribution in [2.45, 2.75) is 24.3 Å². The highest BCUT2D eigenvalue weighted by Crippen LogP contribution is 2.30. The van der Waals surface area contributed by atoms with Gasteiger partial charge in [0.1, 0.15) is 17.3 Å². The lowest BCUT2D eigenvalue weighted by Gasteiger charge is -2.21. The average Bonchev–Trinajstić information content (AvgIpc) is 2.60. The van der Waals surface area contributed by atoms with Gasteiger partial charge in [-0.3, -0.25) is 0 Å². The largest absolute Gasteiger partial charge is 0.573 e. The lowest BCUT2D eigenvalue weighted by atomic mass is 10.1. The summed E-state index contributed by atoms with van der Waals surface area (Å²) in [6.07, 6.45) is -4.72. The summed E-state index contributed by atoms with van der Waals surface area (Å²) in [5.74, 6) is -0.566. The van der Waals surface area contributed by atoms with Crippen LogP contribution in [0.3, 0.4) is 0 Å². The zero-order valence-electron chi connectivity index (χ0n) is 14.3. The van der Waals surface area contributed by atoms with Crippen molar-refractivity contribution in [3.63, 3.8) is 0 Å². The highest BCUT2D eigenvalue weighted by atomic mass is 32.2. The molecule has 0 unspecified atom stereocenters. The number of nitrogens with one attached hydrogen (secondary N) is 1. The van der Waals surface area contributed by atoms with Gasteiger partial charge in [-0.25, -0.2) is 17.5 Å². The highest BCUT2D eigenvalue weighted by molar-refractivity contribution is 7.89. The molecule has 1 aliphatic heterocycles. The zero-order chi connectivity index (χ0) is 20.4. The molecule has 0 bridgehead atoms. The molecule has 6 nitrogen and oxygen atoms in total. The Morgan fingerprint density at radius 3 is 2.54 bits per heavy atom. The van der Waals surface area contributed by atoms with E-state index in [4.69, 9.17) is 9.47 Å². The summed E-state index contributed by atoms with van der Waals surface area (Å²) < 4.78 is 91.2. The van der Waals surface area contributed by atoms with Crippen LogP contribution in [0.2, 0.25) is 0 Å². The summed E-state index contributed by atoms with van der Waals surface area (Å²) in [7, 11) is -3.97. The topological polar surface area (TPSA) is 73.9 Å². The van der Waals surface area contributed by atoms with Crippen molar-refractivity contribution in [2.75, 3.05) is 13.3 Å². The number of fused-ring (bicyclic) bond motifs is 1. The molecule has 2 aromatic carbocycles. The van der Waals surface area contributed by atoms with Gasteiger partial charge in [-0.1, -0.05) is 0 Å². The number of hydrogen-bond donors (Lipinski definition) is 1. The van der Waals surface area contributed by atoms with Gasteiger partial charge >= 0.3 is 6.36 Å². The molecular weight excluding hydrogens is 406 g/mol. The number of alkyl halides is 3. The van der Waals surface area contributed by atoms with Crippen LogP contribution in [0.5, 0.6) is 11.5 Å². The predicted molar refractivity (Wildman–Crippen MR) is 88.7 cm³/mol. The van der Waals surface area contributed by atoms with Crippen LogP contribution in [0.25, 0.3) is 0 Å². The Labute approximate surface area is 158 Å². The van der Waals surface area contributed by atoms with Crippen molar-refractivity contribution in [2.24, 2.45) is 0 Å². The van der Waals surface area contributed by atoms with E-state index < -0.39 is 28.0 Å². The minimum Gasteiger partial charge on any atom is -0.467 e. The average molecular weight is 421 g/mol. The minimum absolute atomic E-state index is 0.0176. The highest BCUT2D eigenvalue weighted by Gasteiger charge is 2.31. The second-order valence-electron chi connectivity index (χ2n) is 5.83. The molecule has 0 fully saturated rings. The smallest absolute Gasteiger partial charge is 0.467 e. The van der Waals surface area contributed by atoms with E-state index in [1.807, 2.05) is 0 Å². The number of ether oxygens (including phenoxy) is 3. The number of halogens is 4. The molecule has 1 heterocycles. The van der Waals surface area contributed by atoms with E-state index in [9.17, 15) is 26.0 Å². The second-order valence-corrected chi connectivity index (χ2v) is 7.60. The number of rotatable bonds is 6. The molecule has 3 rings (SSSR count). The maximum absolute atomic E-state index is 13.7. The first kappa shape index (κ1) is 20.4. The first-order valence-corrected chi connectivity index (χ1v) is 9.50. The normalized spacial score (nSPS) is 14.3. The van der Waals surface area contributed by atoms with Gasteiger partial charge < -0.3 is 14.2 Å². The summed E-state index contributed by atoms with van der Waals surface area (Å²) >= 11 is 0. The monoisotopic (exact) mass is 421 g/mol. The van der Waals surface area contributed by atoms with Crippen LogP contribution in [0.1, 0.15) is 11.1 Å². The Kier molecular flexibility index (Phi) is 5.77. The number of hydrogen-bond acceptors (Lipinski definition) is 5. The third-order valence-corrected chi connectivity index (χ3v) is 5.28. The molecular formula is C17H15F4NO5S. The number of sulfonamides is 1. The Balaban J connectivity index is 1.65. The summed E-state index contributed by atoms with van der Waals surface area (Å²) in [6, 6.07) is 6.33. The van der Waals surface area contributed by atoms with Gasteiger partial charge in [-0.05, 0) is 48.4 Å². The fourth-order valence-electron chi connectivity index (χ4n) is 2.67. The van der Waals surface area contributed by atoms with Gasteiger partial charge in [-0.15, -0.1) is 13.2 Å². The molecule has 0 saturated carbocycles. The third-order valence-electron chi connectivity index (χ3n) is 3.81. The molecule has 1 aliphatic rings. The Morgan fingerprint density at radius 1 is 1.14 bits per heavy atom. The van der Waals surface area contributed by atoms with E-state index in [0.717, 1.165) is 24.3 Å². The molecule has 0 spiro atoms. The standard InChI is InChI=1S/C17H15F4NO5S/c18-13-7-11(16-12(8-13)9-25-10-26-16)5-6-22-28(23,24)15-3-1-14(2-4-15)27-17(19,20)21/h1-4,7-8,22H,5-6,9-10H2. The quantitative estimate of drug-likeness (QED) is 0.726. The van der Waals surface area contributed by atoms with Crippen LogP contribution in [0.15, 0.2) is 41.3 Å². The molecule has 1 N–H and O–H groups in total. The lowest BCUT2D eigenvalue weighted by Crippen LogP contribution is -2.26. The van der Waals surface area contributed by atoms with Crippen molar-refractivity contribution in [1.29, 1.82) is 0 Å². The van der Waals surface area contributed by atoms with Gasteiger partial charge in [0.2, 0.25) is 10.0 Å². The van der Waals surface area contributed by atoms with Crippen LogP contribution >= 0.6 is 0 Å². The first-order valence-electron chi connectivity index (χ1n) is 8.01. The second kappa shape index (κ2) is 7.94. The van der Waals surface area contributed by atoms with Crippen molar-refractivity contribution in [3.05, 3.63) is 53.3 Å². The Hall–Kier alpha value is -2.37. The summed E-state index contributed by atoms with van der Waals surface area (Å²) in [6.45, 7) is 0.144. The molecule has 0 aromatic heterocycles. The van der Waals surface area contributed by atoms with Crippen molar-refractivity contribution in [1.82, 2.24) is 4.72 Å². The van der Waals surface area contributed by atoms with Crippen LogP contribution < -0.4 is 14.2 Å². The van der Waals surface area contributed by atoms with Gasteiger partial charge in [0.25, 0.3) is 0 Å². The van der Waals surface area contributed by atoms with Crippen molar-refractivity contribution >= 4 is 10.0 Å². The molecule has 152 valence electrons. The molecule has 2 aromatic rings. The van der Waals surface area contributed by atoms with E-state index in [2.05, 4.69) is 9.46 Å². The Bertz CT molecular complexity index is 945. The van der Waals surface area contributed by atoms with Gasteiger partial charge in [-0.2, -0.15) is 0 Å². The van der Waals surface area contributed by atoms with E-state index in [-0.39, 0.29) is 31.3 Å². The van der Waals surface area contributed by atoms with Gasteiger partial charge in [0, 0.05) is 12.1 Å². The lowest BCUT2D eigenvalue weighted by molar-refractivity contribution is -0.274. The van der Waals surface area contributed by atoms with Crippen molar-refractivity contribution in [3.8, 4) is 11.5 Å². The molecule has 0 radical (unpaired) electrons. The van der Waals surface area contributed by atoms with Crippen molar-refractivity contribution < 1.29 is 40.2 Å². The fourth-order valence-corrected chi connectivity index (χ4v) is 3.70. The first-order chi connectivity index (χ1) is 13.1. The maximum Gasteiger partial charge on any atom is 0.573 e. The van der Waals surface area contributed by atoms with Crippen LogP contribution in [0, 0.1) is 5.82 Å². The third kappa shape index (κ3) is 5.12. The SMILES string of the molecule is O=S(=O)(NCCc1cc(F)cc2c1OCOC2)c1ccc(OC(F)(F)F)cc1. The van der Waals surface area contributed by atoms with Gasteiger partial charge in [0.15, 0.2) is 6.79 Å². The number of benzene rings is 2. The summed E-state index contributed by atoms with van der Waals surface area (Å²) in [4.78, 5) is -0.229. The predicted octanol–water partition coefficient (Wildman–Crippen LogP) is 3.11. The van der Waals surface area contributed by atoms with Crippen LogP contribution in [-0.2, 0) is 27.8 Å². The van der Waals surface area contributed by atoms with E-state index in [1.165, 1.54) is 12.1 Å². The van der Waals surface area contributed by atoms with Crippen LogP contribution in [-0.4, -0.2) is 28.1 Å².